The lowest BCUT2D eigenvalue weighted by Gasteiger charge is -2.02. The van der Waals surface area contributed by atoms with Gasteiger partial charge in [-0.15, -0.1) is 0 Å². The van der Waals surface area contributed by atoms with E-state index in [2.05, 4.69) is 4.74 Å². The molecule has 0 aliphatic rings. The molecule has 1 rings (SSSR count). The number of carbonyl (C=O) groups excluding carboxylic acids is 2. The smallest absolute Gasteiger partial charge is 0.374 e. The third-order valence-electron chi connectivity index (χ3n) is 1.78. The SMILES string of the molecule is COC(=O)C(=O)Cc1ccc(F)cc1Cl. The summed E-state index contributed by atoms with van der Waals surface area (Å²) in [5, 5.41) is 0.118. The normalized spacial score (nSPS) is 9.80. The Kier molecular flexibility index (Phi) is 3.80. The maximum atomic E-state index is 12.6. The Labute approximate surface area is 90.8 Å². The lowest BCUT2D eigenvalue weighted by molar-refractivity contribution is -0.151. The average Bonchev–Trinajstić information content (AvgIpc) is 2.20. The monoisotopic (exact) mass is 230 g/mol. The number of esters is 1. The lowest BCUT2D eigenvalue weighted by Crippen LogP contribution is -2.17. The van der Waals surface area contributed by atoms with Crippen LogP contribution in [-0.4, -0.2) is 18.9 Å². The quantitative estimate of drug-likeness (QED) is 0.587. The van der Waals surface area contributed by atoms with Crippen LogP contribution in [0.4, 0.5) is 4.39 Å². The first-order valence-corrected chi connectivity index (χ1v) is 4.47. The van der Waals surface area contributed by atoms with E-state index >= 15 is 0 Å². The Morgan fingerprint density at radius 3 is 2.67 bits per heavy atom. The van der Waals surface area contributed by atoms with Gasteiger partial charge in [0.05, 0.1) is 7.11 Å². The van der Waals surface area contributed by atoms with E-state index in [4.69, 9.17) is 11.6 Å². The predicted molar refractivity (Wildman–Crippen MR) is 52.1 cm³/mol. The van der Waals surface area contributed by atoms with Gasteiger partial charge in [0.2, 0.25) is 5.78 Å². The van der Waals surface area contributed by atoms with Crippen LogP contribution in [0.25, 0.3) is 0 Å². The van der Waals surface area contributed by atoms with Crippen LogP contribution in [0, 0.1) is 5.82 Å². The molecule has 0 saturated carbocycles. The molecule has 0 amide bonds. The summed E-state index contributed by atoms with van der Waals surface area (Å²) < 4.78 is 16.9. The van der Waals surface area contributed by atoms with Gasteiger partial charge in [0, 0.05) is 11.4 Å². The maximum absolute atomic E-state index is 12.6. The molecule has 0 unspecified atom stereocenters. The van der Waals surface area contributed by atoms with Crippen molar-refractivity contribution in [3.8, 4) is 0 Å². The summed E-state index contributed by atoms with van der Waals surface area (Å²) >= 11 is 5.68. The van der Waals surface area contributed by atoms with Crippen molar-refractivity contribution in [2.24, 2.45) is 0 Å². The van der Waals surface area contributed by atoms with Gasteiger partial charge in [0.15, 0.2) is 0 Å². The van der Waals surface area contributed by atoms with E-state index in [9.17, 15) is 14.0 Å². The molecule has 0 saturated heterocycles. The van der Waals surface area contributed by atoms with E-state index in [1.54, 1.807) is 0 Å². The van der Waals surface area contributed by atoms with Crippen LogP contribution in [0.5, 0.6) is 0 Å². The molecule has 0 N–H and O–H groups in total. The van der Waals surface area contributed by atoms with Gasteiger partial charge in [-0.05, 0) is 17.7 Å². The zero-order chi connectivity index (χ0) is 11.4. The number of benzene rings is 1. The Hall–Kier alpha value is -1.42. The number of ketones is 1. The van der Waals surface area contributed by atoms with Crippen LogP contribution >= 0.6 is 11.6 Å². The Balaban J connectivity index is 2.81. The molecular weight excluding hydrogens is 223 g/mol. The van der Waals surface area contributed by atoms with Crippen molar-refractivity contribution in [1.82, 2.24) is 0 Å². The highest BCUT2D eigenvalue weighted by Gasteiger charge is 2.16. The third kappa shape index (κ3) is 3.02. The summed E-state index contributed by atoms with van der Waals surface area (Å²) in [6.07, 6.45) is -0.189. The minimum atomic E-state index is -0.935. The molecule has 1 aromatic rings. The van der Waals surface area contributed by atoms with E-state index in [1.165, 1.54) is 12.1 Å². The molecule has 0 fully saturated rings. The van der Waals surface area contributed by atoms with E-state index in [0.29, 0.717) is 5.56 Å². The summed E-state index contributed by atoms with van der Waals surface area (Å²) in [4.78, 5) is 22.0. The third-order valence-corrected chi connectivity index (χ3v) is 2.13. The number of hydrogen-bond acceptors (Lipinski definition) is 3. The fraction of sp³-hybridized carbons (Fsp3) is 0.200. The zero-order valence-electron chi connectivity index (χ0n) is 7.92. The summed E-state index contributed by atoms with van der Waals surface area (Å²) in [7, 11) is 1.12. The molecule has 0 radical (unpaired) electrons. The largest absolute Gasteiger partial charge is 0.463 e. The van der Waals surface area contributed by atoms with Gasteiger partial charge in [0.25, 0.3) is 0 Å². The van der Waals surface area contributed by atoms with E-state index in [-0.39, 0.29) is 11.4 Å². The Morgan fingerprint density at radius 2 is 2.13 bits per heavy atom. The minimum absolute atomic E-state index is 0.118. The van der Waals surface area contributed by atoms with E-state index in [0.717, 1.165) is 13.2 Å². The average molecular weight is 231 g/mol. The van der Waals surface area contributed by atoms with Crippen LogP contribution in [0.1, 0.15) is 5.56 Å². The van der Waals surface area contributed by atoms with Gasteiger partial charge >= 0.3 is 5.97 Å². The molecular formula is C10H8ClFO3. The van der Waals surface area contributed by atoms with Crippen LogP contribution < -0.4 is 0 Å². The van der Waals surface area contributed by atoms with Gasteiger partial charge in [0.1, 0.15) is 5.82 Å². The first-order chi connectivity index (χ1) is 7.04. The van der Waals surface area contributed by atoms with Gasteiger partial charge in [-0.1, -0.05) is 17.7 Å². The first-order valence-electron chi connectivity index (χ1n) is 4.09. The van der Waals surface area contributed by atoms with Gasteiger partial charge in [-0.3, -0.25) is 4.79 Å². The number of methoxy groups -OCH3 is 1. The minimum Gasteiger partial charge on any atom is -0.463 e. The highest BCUT2D eigenvalue weighted by molar-refractivity contribution is 6.35. The van der Waals surface area contributed by atoms with Crippen molar-refractivity contribution in [3.05, 3.63) is 34.6 Å². The van der Waals surface area contributed by atoms with Crippen molar-refractivity contribution in [2.75, 3.05) is 7.11 Å². The highest BCUT2D eigenvalue weighted by atomic mass is 35.5. The second-order valence-corrected chi connectivity index (χ2v) is 3.23. The molecule has 0 bridgehead atoms. The molecule has 0 heterocycles. The molecule has 0 spiro atoms. The Morgan fingerprint density at radius 1 is 1.47 bits per heavy atom. The summed E-state index contributed by atoms with van der Waals surface area (Å²) in [5.41, 5.74) is 0.397. The fourth-order valence-corrected chi connectivity index (χ4v) is 1.26. The van der Waals surface area contributed by atoms with Crippen molar-refractivity contribution in [2.45, 2.75) is 6.42 Å². The van der Waals surface area contributed by atoms with Crippen LogP contribution in [-0.2, 0) is 20.7 Å². The van der Waals surface area contributed by atoms with Gasteiger partial charge in [-0.25, -0.2) is 9.18 Å². The highest BCUT2D eigenvalue weighted by Crippen LogP contribution is 2.17. The summed E-state index contributed by atoms with van der Waals surface area (Å²) in [6, 6.07) is 3.62. The molecule has 3 nitrogen and oxygen atoms in total. The molecule has 0 aliphatic heterocycles. The van der Waals surface area contributed by atoms with Crippen LogP contribution in [0.15, 0.2) is 18.2 Å². The Bertz CT molecular complexity index is 404. The fourth-order valence-electron chi connectivity index (χ4n) is 1.02. The van der Waals surface area contributed by atoms with Crippen molar-refractivity contribution in [3.63, 3.8) is 0 Å². The number of rotatable bonds is 3. The number of hydrogen-bond donors (Lipinski definition) is 0. The first kappa shape index (κ1) is 11.7. The van der Waals surface area contributed by atoms with Gasteiger partial charge < -0.3 is 4.74 Å². The number of halogens is 2. The molecule has 1 aromatic carbocycles. The molecule has 80 valence electrons. The van der Waals surface area contributed by atoms with Crippen molar-refractivity contribution < 1.29 is 18.7 Å². The van der Waals surface area contributed by atoms with Crippen molar-refractivity contribution >= 4 is 23.4 Å². The summed E-state index contributed by atoms with van der Waals surface area (Å²) in [5.74, 6) is -2.14. The van der Waals surface area contributed by atoms with Crippen LogP contribution in [0.2, 0.25) is 5.02 Å². The number of Topliss-reactive ketones (excluding diaryl/α,β-unsaturated/α-hetero) is 1. The standard InChI is InChI=1S/C10H8ClFO3/c1-15-10(14)9(13)4-6-2-3-7(12)5-8(6)11/h2-3,5H,4H2,1H3. The molecule has 5 heteroatoms. The molecule has 0 aromatic heterocycles. The maximum Gasteiger partial charge on any atom is 0.374 e. The van der Waals surface area contributed by atoms with E-state index in [1.807, 2.05) is 0 Å². The zero-order valence-corrected chi connectivity index (χ0v) is 8.68. The summed E-state index contributed by atoms with van der Waals surface area (Å²) in [6.45, 7) is 0. The predicted octanol–water partition coefficient (Wildman–Crippen LogP) is 1.76. The number of ether oxygens (including phenoxy) is 1. The number of carbonyl (C=O) groups is 2. The molecule has 0 atom stereocenters. The second kappa shape index (κ2) is 4.89. The van der Waals surface area contributed by atoms with Crippen LogP contribution in [0.3, 0.4) is 0 Å². The van der Waals surface area contributed by atoms with E-state index < -0.39 is 17.6 Å². The lowest BCUT2D eigenvalue weighted by atomic mass is 10.1. The molecule has 0 aliphatic carbocycles. The van der Waals surface area contributed by atoms with Crippen molar-refractivity contribution in [1.29, 1.82) is 0 Å². The second-order valence-electron chi connectivity index (χ2n) is 2.83. The van der Waals surface area contributed by atoms with Gasteiger partial charge in [-0.2, -0.15) is 0 Å². The topological polar surface area (TPSA) is 43.4 Å². The molecule has 15 heavy (non-hydrogen) atoms.